The lowest BCUT2D eigenvalue weighted by atomic mass is 9.90. The normalized spacial score (nSPS) is 22.4. The number of hydrogen-bond donors (Lipinski definition) is 0. The van der Waals surface area contributed by atoms with E-state index in [1.54, 1.807) is 18.2 Å². The molecule has 2 aliphatic heterocycles. The van der Waals surface area contributed by atoms with Gasteiger partial charge in [0.1, 0.15) is 17.5 Å². The molecule has 162 valence electrons. The number of methoxy groups -OCH3 is 1. The Balaban J connectivity index is 1.63. The van der Waals surface area contributed by atoms with E-state index in [0.717, 1.165) is 9.37 Å². The minimum absolute atomic E-state index is 0.311. The molecule has 3 atom stereocenters. The highest BCUT2D eigenvalue weighted by Crippen LogP contribution is 2.49. The van der Waals surface area contributed by atoms with Crippen LogP contribution >= 0.6 is 15.9 Å². The van der Waals surface area contributed by atoms with Gasteiger partial charge in [-0.3, -0.25) is 14.4 Å². The molecule has 2 fully saturated rings. The maximum absolute atomic E-state index is 13.6. The van der Waals surface area contributed by atoms with E-state index in [1.807, 2.05) is 42.5 Å². The molecule has 0 aliphatic carbocycles. The number of fused-ring (bicyclic) bond motifs is 1. The van der Waals surface area contributed by atoms with Gasteiger partial charge < -0.3 is 4.74 Å². The Bertz CT molecular complexity index is 1190. The second-order valence-corrected chi connectivity index (χ2v) is 8.45. The standard InChI is InChI=1S/C24H18BrFN2O4/c1-31-19-12-7-14(25)13-18(19)21-20-22(32-28(21)17-5-3-2-4-6-17)24(30)27(23(20)29)16-10-8-15(26)9-11-16/h2-13,20-22H,1H3/t20-,21-,22-/m1/s1. The number of benzene rings is 3. The van der Waals surface area contributed by atoms with Gasteiger partial charge in [0.15, 0.2) is 6.10 Å². The number of hydroxylamine groups is 1. The minimum Gasteiger partial charge on any atom is -0.496 e. The summed E-state index contributed by atoms with van der Waals surface area (Å²) in [5, 5.41) is 1.61. The van der Waals surface area contributed by atoms with Crippen molar-refractivity contribution in [3.8, 4) is 5.75 Å². The van der Waals surface area contributed by atoms with E-state index in [2.05, 4.69) is 15.9 Å². The molecule has 0 saturated carbocycles. The zero-order valence-corrected chi connectivity index (χ0v) is 18.5. The third-order valence-electron chi connectivity index (χ3n) is 5.72. The van der Waals surface area contributed by atoms with Crippen molar-refractivity contribution in [3.05, 3.63) is 88.6 Å². The SMILES string of the molecule is COc1ccc(Br)cc1[C@@H]1[C@H]2C(=O)N(c3ccc(F)cc3)C(=O)[C@@H]2ON1c1ccccc1. The molecule has 5 rings (SSSR count). The third-order valence-corrected chi connectivity index (χ3v) is 6.21. The molecule has 2 saturated heterocycles. The lowest BCUT2D eigenvalue weighted by Crippen LogP contribution is -2.37. The van der Waals surface area contributed by atoms with Gasteiger partial charge in [-0.2, -0.15) is 0 Å². The smallest absolute Gasteiger partial charge is 0.266 e. The first-order valence-electron chi connectivity index (χ1n) is 9.97. The molecule has 0 unspecified atom stereocenters. The number of imide groups is 1. The van der Waals surface area contributed by atoms with Gasteiger partial charge in [0.2, 0.25) is 5.91 Å². The minimum atomic E-state index is -1.01. The topological polar surface area (TPSA) is 59.1 Å². The highest BCUT2D eigenvalue weighted by Gasteiger charge is 2.60. The number of halogens is 2. The number of hydrogen-bond acceptors (Lipinski definition) is 5. The van der Waals surface area contributed by atoms with Gasteiger partial charge in [-0.05, 0) is 54.6 Å². The number of ether oxygens (including phenoxy) is 1. The van der Waals surface area contributed by atoms with Crippen molar-refractivity contribution >= 4 is 39.1 Å². The van der Waals surface area contributed by atoms with Gasteiger partial charge in [-0.25, -0.2) is 14.4 Å². The molecule has 3 aromatic carbocycles. The average molecular weight is 497 g/mol. The van der Waals surface area contributed by atoms with Gasteiger partial charge >= 0.3 is 0 Å². The lowest BCUT2D eigenvalue weighted by molar-refractivity contribution is -0.126. The van der Waals surface area contributed by atoms with Gasteiger partial charge in [0.25, 0.3) is 5.91 Å². The van der Waals surface area contributed by atoms with Gasteiger partial charge in [-0.15, -0.1) is 0 Å². The summed E-state index contributed by atoms with van der Waals surface area (Å²) in [6.45, 7) is 0. The first-order chi connectivity index (χ1) is 15.5. The van der Waals surface area contributed by atoms with Crippen LogP contribution in [-0.4, -0.2) is 25.0 Å². The van der Waals surface area contributed by atoms with Crippen LogP contribution in [0.3, 0.4) is 0 Å². The quantitative estimate of drug-likeness (QED) is 0.492. The number of rotatable bonds is 4. The van der Waals surface area contributed by atoms with Crippen molar-refractivity contribution in [3.63, 3.8) is 0 Å². The van der Waals surface area contributed by atoms with Crippen LogP contribution in [-0.2, 0) is 14.4 Å². The Kier molecular flexibility index (Phi) is 5.19. The van der Waals surface area contributed by atoms with Crippen LogP contribution in [0.1, 0.15) is 11.6 Å². The fraction of sp³-hybridized carbons (Fsp3) is 0.167. The predicted octanol–water partition coefficient (Wildman–Crippen LogP) is 4.65. The highest BCUT2D eigenvalue weighted by molar-refractivity contribution is 9.10. The molecule has 2 amide bonds. The van der Waals surface area contributed by atoms with Crippen LogP contribution in [0.2, 0.25) is 0 Å². The number of amides is 2. The summed E-state index contributed by atoms with van der Waals surface area (Å²) in [6, 6.07) is 19.5. The molecule has 0 bridgehead atoms. The first-order valence-corrected chi connectivity index (χ1v) is 10.8. The van der Waals surface area contributed by atoms with Crippen molar-refractivity contribution in [1.82, 2.24) is 0 Å². The van der Waals surface area contributed by atoms with Crippen LogP contribution in [0.25, 0.3) is 0 Å². The van der Waals surface area contributed by atoms with E-state index in [-0.39, 0.29) is 0 Å². The Morgan fingerprint density at radius 2 is 1.66 bits per heavy atom. The zero-order chi connectivity index (χ0) is 22.4. The number of para-hydroxylation sites is 1. The Hall–Kier alpha value is -3.23. The van der Waals surface area contributed by atoms with Crippen LogP contribution < -0.4 is 14.7 Å². The summed E-state index contributed by atoms with van der Waals surface area (Å²) in [7, 11) is 1.55. The van der Waals surface area contributed by atoms with Gasteiger partial charge in [0.05, 0.1) is 24.5 Å². The Morgan fingerprint density at radius 3 is 2.34 bits per heavy atom. The van der Waals surface area contributed by atoms with Crippen molar-refractivity contribution in [2.75, 3.05) is 17.1 Å². The van der Waals surface area contributed by atoms with Crippen molar-refractivity contribution < 1.29 is 23.6 Å². The predicted molar refractivity (Wildman–Crippen MR) is 120 cm³/mol. The molecule has 32 heavy (non-hydrogen) atoms. The molecule has 2 heterocycles. The molecule has 3 aromatic rings. The molecule has 0 spiro atoms. The van der Waals surface area contributed by atoms with E-state index in [9.17, 15) is 14.0 Å². The first kappa shape index (κ1) is 20.7. The number of anilines is 2. The van der Waals surface area contributed by atoms with E-state index < -0.39 is 35.7 Å². The summed E-state index contributed by atoms with van der Waals surface area (Å²) >= 11 is 3.49. The summed E-state index contributed by atoms with van der Waals surface area (Å²) < 4.78 is 19.8. The second kappa shape index (κ2) is 8.03. The van der Waals surface area contributed by atoms with Crippen molar-refractivity contribution in [2.24, 2.45) is 5.92 Å². The number of nitrogens with zero attached hydrogens (tertiary/aromatic N) is 2. The molecular formula is C24H18BrFN2O4. The molecule has 0 aromatic heterocycles. The summed E-state index contributed by atoms with van der Waals surface area (Å²) in [5.74, 6) is -1.57. The summed E-state index contributed by atoms with van der Waals surface area (Å²) in [5.41, 5.74) is 1.73. The van der Waals surface area contributed by atoms with Crippen LogP contribution in [0.5, 0.6) is 5.75 Å². The van der Waals surface area contributed by atoms with Gasteiger partial charge in [-0.1, -0.05) is 34.1 Å². The van der Waals surface area contributed by atoms with Crippen LogP contribution in [0.15, 0.2) is 77.3 Å². The largest absolute Gasteiger partial charge is 0.496 e. The van der Waals surface area contributed by atoms with Crippen molar-refractivity contribution in [2.45, 2.75) is 12.1 Å². The third kappa shape index (κ3) is 3.27. The van der Waals surface area contributed by atoms with E-state index in [0.29, 0.717) is 22.7 Å². The van der Waals surface area contributed by atoms with Crippen LogP contribution in [0.4, 0.5) is 15.8 Å². The van der Waals surface area contributed by atoms with Gasteiger partial charge in [0, 0.05) is 10.0 Å². The zero-order valence-electron chi connectivity index (χ0n) is 16.9. The second-order valence-electron chi connectivity index (χ2n) is 7.53. The molecule has 0 radical (unpaired) electrons. The average Bonchev–Trinajstić information content (AvgIpc) is 3.31. The fourth-order valence-electron chi connectivity index (χ4n) is 4.31. The Labute approximate surface area is 192 Å². The lowest BCUT2D eigenvalue weighted by Gasteiger charge is -2.29. The summed E-state index contributed by atoms with van der Waals surface area (Å²) in [6.07, 6.45) is -1.01. The maximum Gasteiger partial charge on any atom is 0.266 e. The van der Waals surface area contributed by atoms with E-state index >= 15 is 0 Å². The highest BCUT2D eigenvalue weighted by atomic mass is 79.9. The van der Waals surface area contributed by atoms with Crippen LogP contribution in [0, 0.1) is 11.7 Å². The molecule has 6 nitrogen and oxygen atoms in total. The molecule has 0 N–H and O–H groups in total. The fourth-order valence-corrected chi connectivity index (χ4v) is 4.69. The van der Waals surface area contributed by atoms with E-state index in [4.69, 9.17) is 9.57 Å². The summed E-state index contributed by atoms with van der Waals surface area (Å²) in [4.78, 5) is 34.0. The number of carbonyl (C=O) groups is 2. The Morgan fingerprint density at radius 1 is 0.938 bits per heavy atom. The van der Waals surface area contributed by atoms with Crippen molar-refractivity contribution in [1.29, 1.82) is 0 Å². The van der Waals surface area contributed by atoms with E-state index in [1.165, 1.54) is 24.3 Å². The maximum atomic E-state index is 13.6. The molecular weight excluding hydrogens is 479 g/mol. The molecule has 8 heteroatoms. The molecule has 2 aliphatic rings. The monoisotopic (exact) mass is 496 g/mol. The number of carbonyl (C=O) groups excluding carboxylic acids is 2.